The molecule has 1 aromatic rings. The zero-order valence-electron chi connectivity index (χ0n) is 12.6. The second kappa shape index (κ2) is 8.50. The van der Waals surface area contributed by atoms with Crippen LogP contribution in [0, 0.1) is 18.8 Å². The van der Waals surface area contributed by atoms with E-state index in [9.17, 15) is 9.59 Å². The molecule has 3 N–H and O–H groups in total. The molecule has 0 saturated carbocycles. The summed E-state index contributed by atoms with van der Waals surface area (Å²) >= 11 is 3.37. The van der Waals surface area contributed by atoms with E-state index < -0.39 is 0 Å². The molecular formula is C15H21BrClN3O2. The molecule has 5 nitrogen and oxygen atoms in total. The van der Waals surface area contributed by atoms with Crippen molar-refractivity contribution in [2.45, 2.75) is 13.8 Å². The maximum atomic E-state index is 11.9. The van der Waals surface area contributed by atoms with Crippen LogP contribution in [0.4, 0.5) is 5.69 Å². The molecule has 1 unspecified atom stereocenters. The van der Waals surface area contributed by atoms with Crippen LogP contribution in [0.15, 0.2) is 22.7 Å². The van der Waals surface area contributed by atoms with Gasteiger partial charge in [0.1, 0.15) is 0 Å². The lowest BCUT2D eigenvalue weighted by Gasteiger charge is -2.31. The second-order valence-electron chi connectivity index (χ2n) is 5.43. The predicted octanol–water partition coefficient (Wildman–Crippen LogP) is 2.09. The van der Waals surface area contributed by atoms with Crippen LogP contribution < -0.4 is 16.0 Å². The molecule has 1 saturated heterocycles. The highest BCUT2D eigenvalue weighted by Gasteiger charge is 2.28. The maximum Gasteiger partial charge on any atom is 0.243 e. The van der Waals surface area contributed by atoms with Crippen LogP contribution in [0.25, 0.3) is 0 Å². The van der Waals surface area contributed by atoms with E-state index in [1.54, 1.807) is 0 Å². The molecule has 0 bridgehead atoms. The molecule has 2 rings (SSSR count). The van der Waals surface area contributed by atoms with E-state index in [1.165, 1.54) is 0 Å². The first-order valence-electron chi connectivity index (χ1n) is 7.02. The first-order valence-corrected chi connectivity index (χ1v) is 7.81. The quantitative estimate of drug-likeness (QED) is 0.721. The molecule has 0 radical (unpaired) electrons. The van der Waals surface area contributed by atoms with Gasteiger partial charge in [-0.2, -0.15) is 0 Å². The first kappa shape index (κ1) is 18.9. The van der Waals surface area contributed by atoms with Crippen molar-refractivity contribution >= 4 is 45.8 Å². The van der Waals surface area contributed by atoms with Gasteiger partial charge in [-0.05, 0) is 43.6 Å². The summed E-state index contributed by atoms with van der Waals surface area (Å²) in [5.74, 6) is 0.0261. The highest BCUT2D eigenvalue weighted by molar-refractivity contribution is 9.10. The van der Waals surface area contributed by atoms with Crippen molar-refractivity contribution in [3.63, 3.8) is 0 Å². The number of hydrogen-bond donors (Lipinski definition) is 3. The zero-order valence-corrected chi connectivity index (χ0v) is 15.0. The van der Waals surface area contributed by atoms with E-state index in [0.717, 1.165) is 28.8 Å². The molecule has 1 heterocycles. The van der Waals surface area contributed by atoms with E-state index in [2.05, 4.69) is 31.9 Å². The Hall–Kier alpha value is -1.11. The van der Waals surface area contributed by atoms with E-state index >= 15 is 0 Å². The van der Waals surface area contributed by atoms with Crippen molar-refractivity contribution in [1.29, 1.82) is 0 Å². The van der Waals surface area contributed by atoms with Crippen LogP contribution in [-0.4, -0.2) is 31.4 Å². The molecule has 2 amide bonds. The third-order valence-corrected chi connectivity index (χ3v) is 4.32. The zero-order chi connectivity index (χ0) is 15.4. The standard InChI is InChI=1S/C15H20BrN3O2.ClH/c1-9-3-4-12(16)5-13(9)19-14(20)8-18-15(21)10(2)11-6-17-7-11;/h3-5,10-11,17H,6-8H2,1-2H3,(H,18,21)(H,19,20);1H. The molecule has 0 aromatic heterocycles. The number of rotatable bonds is 5. The van der Waals surface area contributed by atoms with Gasteiger partial charge in [0, 0.05) is 16.1 Å². The summed E-state index contributed by atoms with van der Waals surface area (Å²) in [6.45, 7) is 5.56. The Bertz CT molecular complexity index is 550. The fraction of sp³-hybridized carbons (Fsp3) is 0.467. The lowest BCUT2D eigenvalue weighted by molar-refractivity contribution is -0.128. The predicted molar refractivity (Wildman–Crippen MR) is 93.3 cm³/mol. The Balaban J connectivity index is 0.00000242. The molecule has 1 aliphatic rings. The highest BCUT2D eigenvalue weighted by Crippen LogP contribution is 2.20. The molecule has 0 aliphatic carbocycles. The van der Waals surface area contributed by atoms with Crippen molar-refractivity contribution in [2.75, 3.05) is 25.0 Å². The van der Waals surface area contributed by atoms with Gasteiger partial charge in [0.05, 0.1) is 6.54 Å². The molecule has 1 atom stereocenters. The summed E-state index contributed by atoms with van der Waals surface area (Å²) < 4.78 is 0.901. The minimum Gasteiger partial charge on any atom is -0.347 e. The summed E-state index contributed by atoms with van der Waals surface area (Å²) in [6, 6.07) is 5.68. The topological polar surface area (TPSA) is 70.2 Å². The highest BCUT2D eigenvalue weighted by atomic mass is 79.9. The Labute approximate surface area is 145 Å². The largest absolute Gasteiger partial charge is 0.347 e. The summed E-state index contributed by atoms with van der Waals surface area (Å²) in [4.78, 5) is 23.8. The van der Waals surface area contributed by atoms with Crippen molar-refractivity contribution in [2.24, 2.45) is 11.8 Å². The van der Waals surface area contributed by atoms with E-state index in [-0.39, 0.29) is 36.7 Å². The van der Waals surface area contributed by atoms with Crippen LogP contribution in [0.3, 0.4) is 0 Å². The molecule has 22 heavy (non-hydrogen) atoms. The smallest absolute Gasteiger partial charge is 0.243 e. The Morgan fingerprint density at radius 3 is 2.68 bits per heavy atom. The van der Waals surface area contributed by atoms with Gasteiger partial charge in [0.15, 0.2) is 0 Å². The van der Waals surface area contributed by atoms with Gasteiger partial charge in [-0.1, -0.05) is 28.9 Å². The van der Waals surface area contributed by atoms with Crippen LogP contribution in [0.1, 0.15) is 12.5 Å². The Kier molecular flexibility index (Phi) is 7.32. The van der Waals surface area contributed by atoms with Gasteiger partial charge in [0.2, 0.25) is 11.8 Å². The van der Waals surface area contributed by atoms with Crippen molar-refractivity contribution < 1.29 is 9.59 Å². The average Bonchev–Trinajstić information content (AvgIpc) is 2.38. The normalized spacial score (nSPS) is 15.2. The van der Waals surface area contributed by atoms with Crippen LogP contribution in [0.5, 0.6) is 0 Å². The number of amides is 2. The number of anilines is 1. The summed E-state index contributed by atoms with van der Waals surface area (Å²) in [5.41, 5.74) is 1.73. The molecular weight excluding hydrogens is 370 g/mol. The van der Waals surface area contributed by atoms with Gasteiger partial charge in [-0.15, -0.1) is 12.4 Å². The fourth-order valence-corrected chi connectivity index (χ4v) is 2.49. The second-order valence-corrected chi connectivity index (χ2v) is 6.35. The number of aryl methyl sites for hydroxylation is 1. The van der Waals surface area contributed by atoms with E-state index in [0.29, 0.717) is 5.92 Å². The molecule has 1 aromatic carbocycles. The summed E-state index contributed by atoms with van der Waals surface area (Å²) in [6.07, 6.45) is 0. The van der Waals surface area contributed by atoms with Crippen LogP contribution in [0.2, 0.25) is 0 Å². The van der Waals surface area contributed by atoms with Gasteiger partial charge >= 0.3 is 0 Å². The lowest BCUT2D eigenvalue weighted by atomic mass is 9.88. The number of benzene rings is 1. The van der Waals surface area contributed by atoms with Gasteiger partial charge < -0.3 is 16.0 Å². The third kappa shape index (κ3) is 4.97. The van der Waals surface area contributed by atoms with Crippen molar-refractivity contribution in [1.82, 2.24) is 10.6 Å². The fourth-order valence-electron chi connectivity index (χ4n) is 2.13. The minimum absolute atomic E-state index is 0. The average molecular weight is 391 g/mol. The SMILES string of the molecule is Cc1ccc(Br)cc1NC(=O)CNC(=O)C(C)C1CNC1.Cl. The molecule has 122 valence electrons. The van der Waals surface area contributed by atoms with Gasteiger partial charge in [-0.3, -0.25) is 9.59 Å². The van der Waals surface area contributed by atoms with E-state index in [4.69, 9.17) is 0 Å². The number of hydrogen-bond acceptors (Lipinski definition) is 3. The maximum absolute atomic E-state index is 11.9. The third-order valence-electron chi connectivity index (χ3n) is 3.83. The van der Waals surface area contributed by atoms with Gasteiger partial charge in [0.25, 0.3) is 0 Å². The minimum atomic E-state index is -0.219. The number of carbonyl (C=O) groups excluding carboxylic acids is 2. The van der Waals surface area contributed by atoms with Crippen LogP contribution in [-0.2, 0) is 9.59 Å². The van der Waals surface area contributed by atoms with E-state index in [1.807, 2.05) is 32.0 Å². The number of carbonyl (C=O) groups is 2. The monoisotopic (exact) mass is 389 g/mol. The van der Waals surface area contributed by atoms with Crippen LogP contribution >= 0.6 is 28.3 Å². The Morgan fingerprint density at radius 2 is 2.09 bits per heavy atom. The molecule has 7 heteroatoms. The van der Waals surface area contributed by atoms with Crippen molar-refractivity contribution in [3.05, 3.63) is 28.2 Å². The number of nitrogens with one attached hydrogen (secondary N) is 3. The summed E-state index contributed by atoms with van der Waals surface area (Å²) in [7, 11) is 0. The molecule has 1 fully saturated rings. The summed E-state index contributed by atoms with van der Waals surface area (Å²) in [5, 5.41) is 8.64. The molecule has 0 spiro atoms. The lowest BCUT2D eigenvalue weighted by Crippen LogP contribution is -2.50. The van der Waals surface area contributed by atoms with Crippen molar-refractivity contribution in [3.8, 4) is 0 Å². The Morgan fingerprint density at radius 1 is 1.41 bits per heavy atom. The first-order chi connectivity index (χ1) is 9.97. The number of halogens is 2. The molecule has 1 aliphatic heterocycles. The van der Waals surface area contributed by atoms with Gasteiger partial charge in [-0.25, -0.2) is 0 Å².